The number of nitrogens with one attached hydrogen (secondary N) is 1. The molecule has 1 aromatic carbocycles. The molecule has 3 nitrogen and oxygen atoms in total. The number of ether oxygens (including phenoxy) is 1. The topological polar surface area (TPSA) is 47.3 Å². The summed E-state index contributed by atoms with van der Waals surface area (Å²) in [5, 5.41) is 3.37. The molecule has 1 rings (SSSR count). The van der Waals surface area contributed by atoms with E-state index in [1.807, 2.05) is 0 Å². The van der Waals surface area contributed by atoms with Crippen LogP contribution in [0.25, 0.3) is 0 Å². The molecule has 96 valence electrons. The van der Waals surface area contributed by atoms with Crippen molar-refractivity contribution in [2.24, 2.45) is 5.73 Å². The minimum absolute atomic E-state index is 0.136. The van der Waals surface area contributed by atoms with Gasteiger partial charge in [0.2, 0.25) is 0 Å². The van der Waals surface area contributed by atoms with Gasteiger partial charge in [0, 0.05) is 23.8 Å². The van der Waals surface area contributed by atoms with Crippen LogP contribution in [0.15, 0.2) is 18.2 Å². The fourth-order valence-electron chi connectivity index (χ4n) is 1.81. The molecule has 0 aromatic heterocycles. The first kappa shape index (κ1) is 13.8. The van der Waals surface area contributed by atoms with Crippen LogP contribution in [0.5, 0.6) is 5.75 Å². The van der Waals surface area contributed by atoms with E-state index < -0.39 is 0 Å². The lowest BCUT2D eigenvalue weighted by atomic mass is 9.92. The highest BCUT2D eigenvalue weighted by molar-refractivity contribution is 5.50. The van der Waals surface area contributed by atoms with Gasteiger partial charge in [-0.3, -0.25) is 0 Å². The van der Waals surface area contributed by atoms with Gasteiger partial charge < -0.3 is 15.8 Å². The molecule has 3 N–H and O–H groups in total. The van der Waals surface area contributed by atoms with Crippen LogP contribution in [0.2, 0.25) is 0 Å². The first-order valence-corrected chi connectivity index (χ1v) is 5.92. The molecule has 0 amide bonds. The monoisotopic (exact) mass is 240 g/mol. The second kappa shape index (κ2) is 5.87. The molecule has 0 radical (unpaired) electrons. The quantitative estimate of drug-likeness (QED) is 0.803. The van der Waals surface area contributed by atoms with Crippen molar-refractivity contribution in [3.63, 3.8) is 0 Å². The van der Waals surface area contributed by atoms with E-state index in [2.05, 4.69) is 19.2 Å². The van der Waals surface area contributed by atoms with Crippen LogP contribution in [-0.4, -0.2) is 19.2 Å². The van der Waals surface area contributed by atoms with Crippen molar-refractivity contribution < 1.29 is 9.13 Å². The summed E-state index contributed by atoms with van der Waals surface area (Å²) in [6, 6.07) is 4.76. The van der Waals surface area contributed by atoms with Gasteiger partial charge in [0.05, 0.1) is 7.11 Å². The molecule has 0 unspecified atom stereocenters. The maximum atomic E-state index is 13.3. The van der Waals surface area contributed by atoms with Crippen molar-refractivity contribution >= 4 is 5.69 Å². The van der Waals surface area contributed by atoms with E-state index in [1.54, 1.807) is 12.1 Å². The lowest BCUT2D eigenvalue weighted by Crippen LogP contribution is -2.44. The van der Waals surface area contributed by atoms with E-state index in [1.165, 1.54) is 13.2 Å². The Bertz CT molecular complexity index is 356. The van der Waals surface area contributed by atoms with Crippen molar-refractivity contribution in [3.05, 3.63) is 24.0 Å². The second-order valence-electron chi connectivity index (χ2n) is 4.17. The molecular weight excluding hydrogens is 219 g/mol. The molecule has 4 heteroatoms. The summed E-state index contributed by atoms with van der Waals surface area (Å²) < 4.78 is 18.2. The van der Waals surface area contributed by atoms with E-state index in [9.17, 15) is 4.39 Å². The lowest BCUT2D eigenvalue weighted by molar-refractivity contribution is 0.386. The largest absolute Gasteiger partial charge is 0.494 e. The summed E-state index contributed by atoms with van der Waals surface area (Å²) in [6.45, 7) is 4.72. The molecule has 0 spiro atoms. The molecule has 0 aliphatic rings. The summed E-state index contributed by atoms with van der Waals surface area (Å²) >= 11 is 0. The van der Waals surface area contributed by atoms with Crippen LogP contribution in [-0.2, 0) is 0 Å². The van der Waals surface area contributed by atoms with E-state index in [0.717, 1.165) is 18.5 Å². The zero-order chi connectivity index (χ0) is 12.9. The first-order valence-electron chi connectivity index (χ1n) is 5.92. The van der Waals surface area contributed by atoms with Gasteiger partial charge in [-0.1, -0.05) is 13.8 Å². The van der Waals surface area contributed by atoms with Crippen LogP contribution < -0.4 is 15.8 Å². The van der Waals surface area contributed by atoms with E-state index in [-0.39, 0.29) is 17.1 Å². The Hall–Kier alpha value is -1.29. The number of benzene rings is 1. The fraction of sp³-hybridized carbons (Fsp3) is 0.538. The maximum Gasteiger partial charge on any atom is 0.165 e. The van der Waals surface area contributed by atoms with E-state index in [4.69, 9.17) is 10.5 Å². The van der Waals surface area contributed by atoms with Crippen LogP contribution >= 0.6 is 0 Å². The molecule has 0 saturated carbocycles. The Labute approximate surface area is 102 Å². The Kier molecular flexibility index (Phi) is 4.75. The molecule has 0 heterocycles. The molecule has 0 fully saturated rings. The Morgan fingerprint density at radius 2 is 2.00 bits per heavy atom. The number of nitrogens with two attached hydrogens (primary N) is 1. The minimum atomic E-state index is -0.357. The number of hydrogen-bond donors (Lipinski definition) is 2. The highest BCUT2D eigenvalue weighted by Gasteiger charge is 2.24. The van der Waals surface area contributed by atoms with Crippen LogP contribution in [0.1, 0.15) is 26.7 Å². The molecule has 0 atom stereocenters. The SMILES string of the molecule is CCC(CC)(CN)Nc1ccc(F)c(OC)c1. The van der Waals surface area contributed by atoms with Crippen LogP contribution in [0.3, 0.4) is 0 Å². The number of methoxy groups -OCH3 is 1. The predicted molar refractivity (Wildman–Crippen MR) is 68.9 cm³/mol. The number of halogens is 1. The third-order valence-electron chi connectivity index (χ3n) is 3.30. The number of hydrogen-bond acceptors (Lipinski definition) is 3. The summed E-state index contributed by atoms with van der Waals surface area (Å²) in [6.07, 6.45) is 1.83. The minimum Gasteiger partial charge on any atom is -0.494 e. The molecule has 0 bridgehead atoms. The van der Waals surface area contributed by atoms with Gasteiger partial charge in [-0.25, -0.2) is 4.39 Å². The van der Waals surface area contributed by atoms with Gasteiger partial charge in [0.1, 0.15) is 0 Å². The van der Waals surface area contributed by atoms with Gasteiger partial charge in [-0.05, 0) is 25.0 Å². The highest BCUT2D eigenvalue weighted by atomic mass is 19.1. The van der Waals surface area contributed by atoms with Gasteiger partial charge in [0.15, 0.2) is 11.6 Å². The first-order chi connectivity index (χ1) is 8.10. The summed E-state index contributed by atoms with van der Waals surface area (Å²) in [5.41, 5.74) is 6.50. The van der Waals surface area contributed by atoms with Gasteiger partial charge in [-0.15, -0.1) is 0 Å². The molecule has 17 heavy (non-hydrogen) atoms. The standard InChI is InChI=1S/C13H21FN2O/c1-4-13(5-2,9-15)16-10-6-7-11(14)12(8-10)17-3/h6-8,16H,4-5,9,15H2,1-3H3. The third-order valence-corrected chi connectivity index (χ3v) is 3.30. The molecule has 1 aromatic rings. The maximum absolute atomic E-state index is 13.3. The van der Waals surface area contributed by atoms with Crippen molar-refractivity contribution in [2.75, 3.05) is 19.0 Å². The van der Waals surface area contributed by atoms with Crippen LogP contribution in [0.4, 0.5) is 10.1 Å². The van der Waals surface area contributed by atoms with E-state index >= 15 is 0 Å². The Morgan fingerprint density at radius 1 is 1.35 bits per heavy atom. The van der Waals surface area contributed by atoms with Gasteiger partial charge in [-0.2, -0.15) is 0 Å². The smallest absolute Gasteiger partial charge is 0.165 e. The lowest BCUT2D eigenvalue weighted by Gasteiger charge is -2.32. The van der Waals surface area contributed by atoms with Crippen molar-refractivity contribution in [1.29, 1.82) is 0 Å². The molecule has 0 aliphatic heterocycles. The van der Waals surface area contributed by atoms with E-state index in [0.29, 0.717) is 6.54 Å². The zero-order valence-corrected chi connectivity index (χ0v) is 10.7. The number of anilines is 1. The number of rotatable bonds is 6. The normalized spacial score (nSPS) is 11.4. The average molecular weight is 240 g/mol. The second-order valence-corrected chi connectivity index (χ2v) is 4.17. The molecule has 0 aliphatic carbocycles. The zero-order valence-electron chi connectivity index (χ0n) is 10.7. The van der Waals surface area contributed by atoms with Gasteiger partial charge >= 0.3 is 0 Å². The summed E-state index contributed by atoms with van der Waals surface area (Å²) in [5.74, 6) is -0.113. The Balaban J connectivity index is 2.94. The van der Waals surface area contributed by atoms with Crippen molar-refractivity contribution in [2.45, 2.75) is 32.2 Å². The third kappa shape index (κ3) is 3.09. The predicted octanol–water partition coefficient (Wildman–Crippen LogP) is 2.76. The van der Waals surface area contributed by atoms with Crippen molar-refractivity contribution in [3.8, 4) is 5.75 Å². The molecular formula is C13H21FN2O. The summed E-state index contributed by atoms with van der Waals surface area (Å²) in [7, 11) is 1.46. The van der Waals surface area contributed by atoms with Crippen molar-refractivity contribution in [1.82, 2.24) is 0 Å². The summed E-state index contributed by atoms with van der Waals surface area (Å²) in [4.78, 5) is 0. The molecule has 0 saturated heterocycles. The highest BCUT2D eigenvalue weighted by Crippen LogP contribution is 2.26. The Morgan fingerprint density at radius 3 is 2.47 bits per heavy atom. The fourth-order valence-corrected chi connectivity index (χ4v) is 1.81. The average Bonchev–Trinajstić information content (AvgIpc) is 2.38. The van der Waals surface area contributed by atoms with Gasteiger partial charge in [0.25, 0.3) is 0 Å². The van der Waals surface area contributed by atoms with Crippen LogP contribution in [0, 0.1) is 5.82 Å².